The molecule has 0 unspecified atom stereocenters. The van der Waals surface area contributed by atoms with Crippen LogP contribution in [0.5, 0.6) is 0 Å². The van der Waals surface area contributed by atoms with Crippen molar-refractivity contribution in [3.05, 3.63) is 0 Å². The highest BCUT2D eigenvalue weighted by molar-refractivity contribution is 5.86. The molecule has 0 aromatic carbocycles. The highest BCUT2D eigenvalue weighted by Gasteiger charge is 2.42. The summed E-state index contributed by atoms with van der Waals surface area (Å²) in [6.07, 6.45) is 3.12. The molecular formula is C15H28N2O3. The van der Waals surface area contributed by atoms with Crippen LogP contribution in [0.25, 0.3) is 0 Å². The summed E-state index contributed by atoms with van der Waals surface area (Å²) < 4.78 is 0. The molecule has 5 nitrogen and oxygen atoms in total. The molecule has 0 radical (unpaired) electrons. The van der Waals surface area contributed by atoms with Crippen LogP contribution < -0.4 is 10.6 Å². The van der Waals surface area contributed by atoms with E-state index >= 15 is 0 Å². The largest absolute Gasteiger partial charge is 0.481 e. The van der Waals surface area contributed by atoms with Crippen LogP contribution in [0.2, 0.25) is 0 Å². The fourth-order valence-electron chi connectivity index (χ4n) is 2.77. The van der Waals surface area contributed by atoms with Crippen molar-refractivity contribution in [2.45, 2.75) is 58.9 Å². The molecule has 1 aliphatic rings. The van der Waals surface area contributed by atoms with Crippen LogP contribution in [-0.4, -0.2) is 35.6 Å². The standard InChI is InChI=1S/C15H28N2O3/c1-5-17-14(3,4)12(18)16-10-15(13(19)20)8-6-11(2)7-9-15/h11,17H,5-10H2,1-4H3,(H,16,18)(H,19,20). The molecule has 0 bridgehead atoms. The highest BCUT2D eigenvalue weighted by Crippen LogP contribution is 2.38. The van der Waals surface area contributed by atoms with Gasteiger partial charge in [-0.25, -0.2) is 0 Å². The summed E-state index contributed by atoms with van der Waals surface area (Å²) in [6, 6.07) is 0. The minimum atomic E-state index is -0.787. The molecule has 1 aliphatic carbocycles. The monoisotopic (exact) mass is 284 g/mol. The number of likely N-dealkylation sites (N-methyl/N-ethyl adjacent to an activating group) is 1. The number of aliphatic carboxylic acids is 1. The lowest BCUT2D eigenvalue weighted by Gasteiger charge is -2.36. The van der Waals surface area contributed by atoms with E-state index in [1.165, 1.54) is 0 Å². The van der Waals surface area contributed by atoms with Gasteiger partial charge in [-0.05, 0) is 52.0 Å². The first-order valence-electron chi connectivity index (χ1n) is 7.50. The molecule has 0 aromatic rings. The summed E-state index contributed by atoms with van der Waals surface area (Å²) >= 11 is 0. The summed E-state index contributed by atoms with van der Waals surface area (Å²) in [5.74, 6) is -0.346. The van der Waals surface area contributed by atoms with Gasteiger partial charge in [0, 0.05) is 6.54 Å². The summed E-state index contributed by atoms with van der Waals surface area (Å²) in [5, 5.41) is 15.5. The molecule has 0 spiro atoms. The van der Waals surface area contributed by atoms with Gasteiger partial charge in [-0.3, -0.25) is 9.59 Å². The van der Waals surface area contributed by atoms with E-state index in [1.807, 2.05) is 20.8 Å². The predicted octanol–water partition coefficient (Wildman–Crippen LogP) is 1.77. The van der Waals surface area contributed by atoms with E-state index in [2.05, 4.69) is 17.6 Å². The Morgan fingerprint density at radius 1 is 1.30 bits per heavy atom. The number of amides is 1. The highest BCUT2D eigenvalue weighted by atomic mass is 16.4. The summed E-state index contributed by atoms with van der Waals surface area (Å²) in [7, 11) is 0. The van der Waals surface area contributed by atoms with Crippen molar-refractivity contribution in [3.8, 4) is 0 Å². The first-order chi connectivity index (χ1) is 9.23. The van der Waals surface area contributed by atoms with Gasteiger partial charge in [-0.1, -0.05) is 13.8 Å². The lowest BCUT2D eigenvalue weighted by Crippen LogP contribution is -2.55. The zero-order chi connectivity index (χ0) is 15.4. The number of nitrogens with one attached hydrogen (secondary N) is 2. The van der Waals surface area contributed by atoms with Gasteiger partial charge in [-0.15, -0.1) is 0 Å². The molecule has 1 fully saturated rings. The number of hydrogen-bond acceptors (Lipinski definition) is 3. The van der Waals surface area contributed by atoms with E-state index < -0.39 is 16.9 Å². The molecule has 1 rings (SSSR count). The van der Waals surface area contributed by atoms with E-state index in [4.69, 9.17) is 0 Å². The number of rotatable bonds is 6. The van der Waals surface area contributed by atoms with E-state index in [9.17, 15) is 14.7 Å². The van der Waals surface area contributed by atoms with Crippen molar-refractivity contribution < 1.29 is 14.7 Å². The SMILES string of the molecule is CCNC(C)(C)C(=O)NCC1(C(=O)O)CCC(C)CC1. The van der Waals surface area contributed by atoms with Gasteiger partial charge in [0.15, 0.2) is 0 Å². The number of carboxylic acid groups (broad SMARTS) is 1. The first kappa shape index (κ1) is 17.0. The number of carbonyl (C=O) groups is 2. The quantitative estimate of drug-likeness (QED) is 0.694. The van der Waals surface area contributed by atoms with Gasteiger partial charge in [0.25, 0.3) is 0 Å². The van der Waals surface area contributed by atoms with E-state index in [-0.39, 0.29) is 12.5 Å². The van der Waals surface area contributed by atoms with Crippen molar-refractivity contribution in [2.24, 2.45) is 11.3 Å². The third kappa shape index (κ3) is 3.95. The third-order valence-corrected chi connectivity index (χ3v) is 4.46. The van der Waals surface area contributed by atoms with Gasteiger partial charge in [0.2, 0.25) is 5.91 Å². The van der Waals surface area contributed by atoms with Gasteiger partial charge in [0.05, 0.1) is 11.0 Å². The molecule has 1 saturated carbocycles. The molecule has 0 heterocycles. The van der Waals surface area contributed by atoms with Crippen molar-refractivity contribution in [3.63, 3.8) is 0 Å². The molecule has 0 atom stereocenters. The Hall–Kier alpha value is -1.10. The maximum atomic E-state index is 12.2. The Balaban J connectivity index is 2.65. The van der Waals surface area contributed by atoms with Crippen molar-refractivity contribution in [1.29, 1.82) is 0 Å². The fraction of sp³-hybridized carbons (Fsp3) is 0.867. The fourth-order valence-corrected chi connectivity index (χ4v) is 2.77. The number of hydrogen-bond donors (Lipinski definition) is 3. The molecule has 0 aliphatic heterocycles. The average Bonchev–Trinajstić information content (AvgIpc) is 2.37. The minimum absolute atomic E-state index is 0.140. The Bertz CT molecular complexity index is 358. The lowest BCUT2D eigenvalue weighted by molar-refractivity contribution is -0.151. The van der Waals surface area contributed by atoms with Gasteiger partial charge in [-0.2, -0.15) is 0 Å². The summed E-state index contributed by atoms with van der Waals surface area (Å²) in [5.41, 5.74) is -1.46. The Morgan fingerprint density at radius 3 is 2.30 bits per heavy atom. The molecule has 5 heteroatoms. The molecule has 20 heavy (non-hydrogen) atoms. The maximum Gasteiger partial charge on any atom is 0.311 e. The van der Waals surface area contributed by atoms with Crippen LogP contribution in [0.15, 0.2) is 0 Å². The Kier molecular flexibility index (Phi) is 5.57. The van der Waals surface area contributed by atoms with E-state index in [0.717, 1.165) is 12.8 Å². The topological polar surface area (TPSA) is 78.4 Å². The van der Waals surface area contributed by atoms with Crippen LogP contribution in [-0.2, 0) is 9.59 Å². The smallest absolute Gasteiger partial charge is 0.311 e. The zero-order valence-corrected chi connectivity index (χ0v) is 13.1. The van der Waals surface area contributed by atoms with Crippen LogP contribution in [0.4, 0.5) is 0 Å². The summed E-state index contributed by atoms with van der Waals surface area (Å²) in [4.78, 5) is 23.8. The lowest BCUT2D eigenvalue weighted by atomic mass is 9.70. The normalized spacial score (nSPS) is 27.1. The van der Waals surface area contributed by atoms with Gasteiger partial charge >= 0.3 is 5.97 Å². The second-order valence-corrected chi connectivity index (χ2v) is 6.61. The van der Waals surface area contributed by atoms with Gasteiger partial charge in [0.1, 0.15) is 0 Å². The third-order valence-electron chi connectivity index (χ3n) is 4.46. The zero-order valence-electron chi connectivity index (χ0n) is 13.1. The van der Waals surface area contributed by atoms with E-state index in [0.29, 0.717) is 25.3 Å². The van der Waals surface area contributed by atoms with Crippen LogP contribution in [0.3, 0.4) is 0 Å². The second kappa shape index (κ2) is 6.57. The Labute approximate surface area is 121 Å². The molecule has 0 saturated heterocycles. The molecule has 1 amide bonds. The molecule has 116 valence electrons. The predicted molar refractivity (Wildman–Crippen MR) is 78.5 cm³/mol. The molecule has 0 aromatic heterocycles. The Morgan fingerprint density at radius 2 is 1.85 bits per heavy atom. The van der Waals surface area contributed by atoms with Crippen LogP contribution >= 0.6 is 0 Å². The second-order valence-electron chi connectivity index (χ2n) is 6.61. The first-order valence-corrected chi connectivity index (χ1v) is 7.50. The van der Waals surface area contributed by atoms with Crippen molar-refractivity contribution >= 4 is 11.9 Å². The summed E-state index contributed by atoms with van der Waals surface area (Å²) in [6.45, 7) is 8.63. The molecule has 3 N–H and O–H groups in total. The van der Waals surface area contributed by atoms with E-state index in [1.54, 1.807) is 0 Å². The number of carbonyl (C=O) groups excluding carboxylic acids is 1. The van der Waals surface area contributed by atoms with Crippen LogP contribution in [0, 0.1) is 11.3 Å². The van der Waals surface area contributed by atoms with Crippen LogP contribution in [0.1, 0.15) is 53.4 Å². The van der Waals surface area contributed by atoms with Crippen molar-refractivity contribution in [2.75, 3.05) is 13.1 Å². The van der Waals surface area contributed by atoms with Crippen molar-refractivity contribution in [1.82, 2.24) is 10.6 Å². The molecular weight excluding hydrogens is 256 g/mol. The average molecular weight is 284 g/mol. The minimum Gasteiger partial charge on any atom is -0.481 e. The number of carboxylic acids is 1. The maximum absolute atomic E-state index is 12.2. The van der Waals surface area contributed by atoms with Gasteiger partial charge < -0.3 is 15.7 Å².